The molecule has 2 atom stereocenters. The van der Waals surface area contributed by atoms with Crippen LogP contribution in [0.3, 0.4) is 0 Å². The van der Waals surface area contributed by atoms with Gasteiger partial charge in [-0.15, -0.1) is 0 Å². The molecule has 0 bridgehead atoms. The summed E-state index contributed by atoms with van der Waals surface area (Å²) in [6.45, 7) is 6.10. The van der Waals surface area contributed by atoms with Crippen LogP contribution in [0.5, 0.6) is 0 Å². The number of nitrogens with two attached hydrogens (primary N) is 1. The van der Waals surface area contributed by atoms with Gasteiger partial charge in [-0.1, -0.05) is 37.3 Å². The molecule has 0 radical (unpaired) electrons. The van der Waals surface area contributed by atoms with E-state index in [1.165, 1.54) is 5.56 Å². The fourth-order valence-electron chi connectivity index (χ4n) is 2.50. The smallest absolute Gasteiger partial charge is 0.224 e. The molecule has 1 aromatic carbocycles. The zero-order valence-electron chi connectivity index (χ0n) is 12.6. The van der Waals surface area contributed by atoms with Crippen LogP contribution in [0.15, 0.2) is 30.3 Å². The number of nitrogens with one attached hydrogen (secondary N) is 1. The highest BCUT2D eigenvalue weighted by atomic mass is 16.5. The molecule has 1 aliphatic rings. The molecular weight excluding hydrogens is 266 g/mol. The van der Waals surface area contributed by atoms with Gasteiger partial charge in [0.15, 0.2) is 0 Å². The van der Waals surface area contributed by atoms with Crippen molar-refractivity contribution in [3.05, 3.63) is 35.9 Å². The van der Waals surface area contributed by atoms with Gasteiger partial charge in [-0.25, -0.2) is 0 Å². The molecule has 1 aromatic rings. The molecule has 1 fully saturated rings. The number of hydrogen-bond acceptors (Lipinski definition) is 4. The van der Waals surface area contributed by atoms with Crippen LogP contribution in [0.25, 0.3) is 0 Å². The number of morpholine rings is 1. The highest BCUT2D eigenvalue weighted by Crippen LogP contribution is 2.21. The summed E-state index contributed by atoms with van der Waals surface area (Å²) in [5.74, 6) is -0.127. The number of carbonyl (C=O) groups is 1. The molecule has 5 nitrogen and oxygen atoms in total. The van der Waals surface area contributed by atoms with Gasteiger partial charge in [0.2, 0.25) is 5.91 Å². The Labute approximate surface area is 126 Å². The number of rotatable bonds is 6. The quantitative estimate of drug-likeness (QED) is 0.812. The largest absolute Gasteiger partial charge is 0.379 e. The zero-order chi connectivity index (χ0) is 15.1. The molecule has 3 N–H and O–H groups in total. The molecule has 0 spiro atoms. The molecule has 1 heterocycles. The minimum absolute atomic E-state index is 0.0201. The summed E-state index contributed by atoms with van der Waals surface area (Å²) in [6, 6.07) is 10.5. The second-order valence-corrected chi connectivity index (χ2v) is 5.46. The number of ether oxygens (including phenoxy) is 1. The lowest BCUT2D eigenvalue weighted by Crippen LogP contribution is -2.45. The van der Waals surface area contributed by atoms with E-state index in [0.29, 0.717) is 13.1 Å². The Balaban J connectivity index is 2.03. The van der Waals surface area contributed by atoms with Crippen molar-refractivity contribution in [1.29, 1.82) is 0 Å². The van der Waals surface area contributed by atoms with Gasteiger partial charge < -0.3 is 15.8 Å². The number of benzene rings is 1. The van der Waals surface area contributed by atoms with Crippen LogP contribution in [0.1, 0.15) is 18.5 Å². The third kappa shape index (κ3) is 4.52. The van der Waals surface area contributed by atoms with Gasteiger partial charge in [-0.05, 0) is 5.56 Å². The van der Waals surface area contributed by atoms with Crippen LogP contribution >= 0.6 is 0 Å². The van der Waals surface area contributed by atoms with E-state index in [9.17, 15) is 4.79 Å². The maximum Gasteiger partial charge on any atom is 0.224 e. The highest BCUT2D eigenvalue weighted by Gasteiger charge is 2.23. The maximum absolute atomic E-state index is 12.0. The van der Waals surface area contributed by atoms with E-state index < -0.39 is 0 Å². The minimum atomic E-state index is -0.147. The summed E-state index contributed by atoms with van der Waals surface area (Å²) < 4.78 is 5.42. The van der Waals surface area contributed by atoms with E-state index in [4.69, 9.17) is 10.5 Å². The minimum Gasteiger partial charge on any atom is -0.379 e. The van der Waals surface area contributed by atoms with E-state index in [2.05, 4.69) is 22.3 Å². The average molecular weight is 291 g/mol. The first kappa shape index (κ1) is 15.9. The normalized spacial score (nSPS) is 19.0. The van der Waals surface area contributed by atoms with Crippen LogP contribution in [0, 0.1) is 5.92 Å². The van der Waals surface area contributed by atoms with Crippen molar-refractivity contribution >= 4 is 5.91 Å². The molecule has 1 saturated heterocycles. The summed E-state index contributed by atoms with van der Waals surface area (Å²) >= 11 is 0. The second-order valence-electron chi connectivity index (χ2n) is 5.46. The molecule has 0 aromatic heterocycles. The van der Waals surface area contributed by atoms with Gasteiger partial charge in [0.1, 0.15) is 0 Å². The lowest BCUT2D eigenvalue weighted by molar-refractivity contribution is -0.124. The molecule has 1 aliphatic heterocycles. The Bertz CT molecular complexity index is 432. The lowest BCUT2D eigenvalue weighted by Gasteiger charge is -2.35. The van der Waals surface area contributed by atoms with Crippen LogP contribution in [-0.2, 0) is 9.53 Å². The molecule has 1 amide bonds. The summed E-state index contributed by atoms with van der Waals surface area (Å²) in [7, 11) is 0. The summed E-state index contributed by atoms with van der Waals surface area (Å²) in [4.78, 5) is 14.3. The molecule has 0 saturated carbocycles. The van der Waals surface area contributed by atoms with Gasteiger partial charge in [-0.2, -0.15) is 0 Å². The number of hydrogen-bond donors (Lipinski definition) is 2. The standard InChI is InChI=1S/C16H25N3O2/c1-13(11-17)16(20)18-12-15(14-5-3-2-4-6-14)19-7-9-21-10-8-19/h2-6,13,15H,7-12,17H2,1H3,(H,18,20). The number of carbonyl (C=O) groups excluding carboxylic acids is 1. The van der Waals surface area contributed by atoms with Crippen molar-refractivity contribution in [2.45, 2.75) is 13.0 Å². The van der Waals surface area contributed by atoms with Gasteiger partial charge in [0, 0.05) is 32.1 Å². The van der Waals surface area contributed by atoms with Crippen LogP contribution < -0.4 is 11.1 Å². The second kappa shape index (κ2) is 8.12. The molecule has 2 rings (SSSR count). The average Bonchev–Trinajstić information content (AvgIpc) is 2.56. The zero-order valence-corrected chi connectivity index (χ0v) is 12.6. The lowest BCUT2D eigenvalue weighted by atomic mass is 10.0. The van der Waals surface area contributed by atoms with E-state index in [-0.39, 0.29) is 17.9 Å². The number of amides is 1. The van der Waals surface area contributed by atoms with Crippen LogP contribution in [0.4, 0.5) is 0 Å². The first-order valence-corrected chi connectivity index (χ1v) is 7.57. The third-order valence-corrected chi connectivity index (χ3v) is 3.94. The predicted octanol–water partition coefficient (Wildman–Crippen LogP) is 0.771. The molecule has 21 heavy (non-hydrogen) atoms. The van der Waals surface area contributed by atoms with Gasteiger partial charge in [0.25, 0.3) is 0 Å². The van der Waals surface area contributed by atoms with Gasteiger partial charge in [0.05, 0.1) is 19.3 Å². The summed E-state index contributed by atoms with van der Waals surface area (Å²) in [5.41, 5.74) is 6.77. The van der Waals surface area contributed by atoms with Crippen molar-refractivity contribution in [2.24, 2.45) is 11.7 Å². The van der Waals surface area contributed by atoms with Crippen molar-refractivity contribution in [3.63, 3.8) is 0 Å². The maximum atomic E-state index is 12.0. The predicted molar refractivity (Wildman–Crippen MR) is 82.8 cm³/mol. The van der Waals surface area contributed by atoms with Crippen molar-refractivity contribution in [3.8, 4) is 0 Å². The Hall–Kier alpha value is -1.43. The Morgan fingerprint density at radius 1 is 1.33 bits per heavy atom. The molecular formula is C16H25N3O2. The molecule has 2 unspecified atom stereocenters. The molecule has 116 valence electrons. The summed E-state index contributed by atoms with van der Waals surface area (Å²) in [6.07, 6.45) is 0. The fourth-order valence-corrected chi connectivity index (χ4v) is 2.50. The third-order valence-electron chi connectivity index (χ3n) is 3.94. The van der Waals surface area contributed by atoms with Crippen LogP contribution in [-0.4, -0.2) is 50.2 Å². The monoisotopic (exact) mass is 291 g/mol. The Morgan fingerprint density at radius 3 is 2.62 bits per heavy atom. The van der Waals surface area contributed by atoms with E-state index in [1.807, 2.05) is 25.1 Å². The fraction of sp³-hybridized carbons (Fsp3) is 0.562. The van der Waals surface area contributed by atoms with Crippen molar-refractivity contribution < 1.29 is 9.53 Å². The molecule has 0 aliphatic carbocycles. The Morgan fingerprint density at radius 2 is 2.00 bits per heavy atom. The van der Waals surface area contributed by atoms with Crippen molar-refractivity contribution in [1.82, 2.24) is 10.2 Å². The van der Waals surface area contributed by atoms with Gasteiger partial charge in [-0.3, -0.25) is 9.69 Å². The Kier molecular flexibility index (Phi) is 6.17. The van der Waals surface area contributed by atoms with Crippen LogP contribution in [0.2, 0.25) is 0 Å². The SMILES string of the molecule is CC(CN)C(=O)NCC(c1ccccc1)N1CCOCC1. The van der Waals surface area contributed by atoms with E-state index in [0.717, 1.165) is 26.3 Å². The summed E-state index contributed by atoms with van der Waals surface area (Å²) in [5, 5.41) is 3.03. The van der Waals surface area contributed by atoms with Gasteiger partial charge >= 0.3 is 0 Å². The van der Waals surface area contributed by atoms with Crippen molar-refractivity contribution in [2.75, 3.05) is 39.4 Å². The molecule has 5 heteroatoms. The van der Waals surface area contributed by atoms with E-state index in [1.54, 1.807) is 0 Å². The topological polar surface area (TPSA) is 67.6 Å². The van der Waals surface area contributed by atoms with E-state index >= 15 is 0 Å². The number of nitrogens with zero attached hydrogens (tertiary/aromatic N) is 1. The first-order chi connectivity index (χ1) is 10.2. The first-order valence-electron chi connectivity index (χ1n) is 7.57. The highest BCUT2D eigenvalue weighted by molar-refractivity contribution is 5.78.